The summed E-state index contributed by atoms with van der Waals surface area (Å²) in [6.45, 7) is 4.14. The molecule has 2 atom stereocenters. The maximum absolute atomic E-state index is 11.2. The quantitative estimate of drug-likeness (QED) is 0.719. The second-order valence-corrected chi connectivity index (χ2v) is 4.08. The van der Waals surface area contributed by atoms with E-state index in [4.69, 9.17) is 0 Å². The largest absolute Gasteiger partial charge is 0.353 e. The van der Waals surface area contributed by atoms with Crippen LogP contribution in [-0.2, 0) is 4.79 Å². The molecule has 0 spiro atoms. The highest BCUT2D eigenvalue weighted by Crippen LogP contribution is 2.28. The van der Waals surface area contributed by atoms with Crippen molar-refractivity contribution >= 4 is 5.91 Å². The third-order valence-corrected chi connectivity index (χ3v) is 2.90. The second-order valence-electron chi connectivity index (χ2n) is 4.08. The van der Waals surface area contributed by atoms with Crippen molar-refractivity contribution in [3.05, 3.63) is 35.4 Å². The molecule has 74 valence electrons. The smallest absolute Gasteiger partial charge is 0.220 e. The predicted octanol–water partition coefficient (Wildman–Crippen LogP) is 1.99. The van der Waals surface area contributed by atoms with Gasteiger partial charge in [-0.15, -0.1) is 0 Å². The van der Waals surface area contributed by atoms with E-state index in [1.165, 1.54) is 11.1 Å². The van der Waals surface area contributed by atoms with Gasteiger partial charge in [-0.2, -0.15) is 0 Å². The summed E-state index contributed by atoms with van der Waals surface area (Å²) in [7, 11) is 0. The lowest BCUT2D eigenvalue weighted by atomic mass is 9.92. The van der Waals surface area contributed by atoms with Gasteiger partial charge in [-0.1, -0.05) is 29.8 Å². The molecule has 1 N–H and O–H groups in total. The van der Waals surface area contributed by atoms with E-state index in [1.807, 2.05) is 0 Å². The number of hydrogen-bond acceptors (Lipinski definition) is 1. The Morgan fingerprint density at radius 2 is 1.93 bits per heavy atom. The molecular weight excluding hydrogens is 174 g/mol. The lowest BCUT2D eigenvalue weighted by Crippen LogP contribution is -2.24. The van der Waals surface area contributed by atoms with Crippen LogP contribution in [0, 0.1) is 6.92 Å². The Kier molecular flexibility index (Phi) is 2.28. The highest BCUT2D eigenvalue weighted by Gasteiger charge is 2.29. The fraction of sp³-hybridized carbons (Fsp3) is 0.417. The first kappa shape index (κ1) is 9.25. The summed E-state index contributed by atoms with van der Waals surface area (Å²) in [4.78, 5) is 11.2. The Bertz CT molecular complexity index is 342. The van der Waals surface area contributed by atoms with Gasteiger partial charge in [0.15, 0.2) is 0 Å². The molecule has 0 aromatic heterocycles. The molecule has 0 aliphatic carbocycles. The fourth-order valence-corrected chi connectivity index (χ4v) is 2.01. The van der Waals surface area contributed by atoms with E-state index < -0.39 is 0 Å². The minimum absolute atomic E-state index is 0.170. The highest BCUT2D eigenvalue weighted by molar-refractivity contribution is 5.80. The van der Waals surface area contributed by atoms with Crippen molar-refractivity contribution in [3.8, 4) is 0 Å². The van der Waals surface area contributed by atoms with E-state index in [0.29, 0.717) is 12.3 Å². The predicted molar refractivity (Wildman–Crippen MR) is 56.1 cm³/mol. The number of amides is 1. The molecular formula is C12H15NO. The molecule has 1 aromatic rings. The van der Waals surface area contributed by atoms with Crippen LogP contribution in [0.15, 0.2) is 24.3 Å². The summed E-state index contributed by atoms with van der Waals surface area (Å²) >= 11 is 0. The van der Waals surface area contributed by atoms with Crippen LogP contribution in [0.4, 0.5) is 0 Å². The molecule has 2 nitrogen and oxygen atoms in total. The lowest BCUT2D eigenvalue weighted by Gasteiger charge is -2.14. The zero-order valence-corrected chi connectivity index (χ0v) is 8.58. The Morgan fingerprint density at radius 3 is 2.43 bits per heavy atom. The van der Waals surface area contributed by atoms with Gasteiger partial charge in [0.1, 0.15) is 0 Å². The molecule has 14 heavy (non-hydrogen) atoms. The van der Waals surface area contributed by atoms with E-state index >= 15 is 0 Å². The van der Waals surface area contributed by atoms with Gasteiger partial charge in [-0.3, -0.25) is 4.79 Å². The van der Waals surface area contributed by atoms with Crippen molar-refractivity contribution in [2.24, 2.45) is 0 Å². The van der Waals surface area contributed by atoms with E-state index in [1.54, 1.807) is 0 Å². The number of hydrogen-bond donors (Lipinski definition) is 1. The molecule has 1 amide bonds. The van der Waals surface area contributed by atoms with Crippen LogP contribution < -0.4 is 5.32 Å². The molecule has 2 heteroatoms. The van der Waals surface area contributed by atoms with Gasteiger partial charge >= 0.3 is 0 Å². The Morgan fingerprint density at radius 1 is 1.29 bits per heavy atom. The van der Waals surface area contributed by atoms with Crippen molar-refractivity contribution in [2.75, 3.05) is 0 Å². The number of nitrogens with one attached hydrogen (secondary N) is 1. The number of carbonyl (C=O) groups is 1. The van der Waals surface area contributed by atoms with Gasteiger partial charge in [0, 0.05) is 18.4 Å². The molecule has 2 rings (SSSR count). The molecule has 1 aromatic carbocycles. The fourth-order valence-electron chi connectivity index (χ4n) is 2.01. The molecule has 1 heterocycles. The van der Waals surface area contributed by atoms with Crippen LogP contribution in [0.25, 0.3) is 0 Å². The van der Waals surface area contributed by atoms with Crippen LogP contribution in [0.5, 0.6) is 0 Å². The second kappa shape index (κ2) is 3.45. The van der Waals surface area contributed by atoms with Crippen LogP contribution in [0.2, 0.25) is 0 Å². The molecule has 0 unspecified atom stereocenters. The van der Waals surface area contributed by atoms with Gasteiger partial charge in [0.05, 0.1) is 0 Å². The molecule has 0 radical (unpaired) electrons. The van der Waals surface area contributed by atoms with Gasteiger partial charge in [0.25, 0.3) is 0 Å². The summed E-state index contributed by atoms with van der Waals surface area (Å²) in [5.74, 6) is 0.520. The van der Waals surface area contributed by atoms with Crippen LogP contribution >= 0.6 is 0 Å². The average Bonchev–Trinajstić information content (AvgIpc) is 2.47. The molecule has 0 bridgehead atoms. The third kappa shape index (κ3) is 1.65. The minimum Gasteiger partial charge on any atom is -0.353 e. The number of benzene rings is 1. The SMILES string of the molecule is Cc1ccc([C@H]2CC(=O)N[C@@H]2C)cc1. The maximum atomic E-state index is 11.2. The molecule has 1 saturated heterocycles. The number of rotatable bonds is 1. The van der Waals surface area contributed by atoms with Crippen molar-refractivity contribution < 1.29 is 4.79 Å². The molecule has 0 saturated carbocycles. The molecule has 1 aliphatic heterocycles. The normalized spacial score (nSPS) is 26.3. The lowest BCUT2D eigenvalue weighted by molar-refractivity contribution is -0.119. The Balaban J connectivity index is 2.23. The van der Waals surface area contributed by atoms with Crippen molar-refractivity contribution in [1.29, 1.82) is 0 Å². The van der Waals surface area contributed by atoms with Gasteiger partial charge < -0.3 is 5.32 Å². The summed E-state index contributed by atoms with van der Waals surface area (Å²) < 4.78 is 0. The minimum atomic E-state index is 0.170. The first-order valence-corrected chi connectivity index (χ1v) is 5.03. The number of carbonyl (C=O) groups excluding carboxylic acids is 1. The molecule has 1 fully saturated rings. The zero-order chi connectivity index (χ0) is 10.1. The topological polar surface area (TPSA) is 29.1 Å². The maximum Gasteiger partial charge on any atom is 0.220 e. The summed E-state index contributed by atoms with van der Waals surface area (Å²) in [6.07, 6.45) is 0.629. The zero-order valence-electron chi connectivity index (χ0n) is 8.58. The van der Waals surface area contributed by atoms with Crippen molar-refractivity contribution in [1.82, 2.24) is 5.32 Å². The van der Waals surface area contributed by atoms with Crippen LogP contribution in [-0.4, -0.2) is 11.9 Å². The highest BCUT2D eigenvalue weighted by atomic mass is 16.1. The van der Waals surface area contributed by atoms with E-state index in [9.17, 15) is 4.79 Å². The van der Waals surface area contributed by atoms with Gasteiger partial charge in [0.2, 0.25) is 5.91 Å². The van der Waals surface area contributed by atoms with E-state index in [-0.39, 0.29) is 11.9 Å². The van der Waals surface area contributed by atoms with Crippen molar-refractivity contribution in [3.63, 3.8) is 0 Å². The van der Waals surface area contributed by atoms with E-state index in [0.717, 1.165) is 0 Å². The number of aryl methyl sites for hydroxylation is 1. The first-order chi connectivity index (χ1) is 6.66. The standard InChI is InChI=1S/C12H15NO/c1-8-3-5-10(6-4-8)11-7-12(14)13-9(11)2/h3-6,9,11H,7H2,1-2H3,(H,13,14)/t9-,11+/m1/s1. The third-order valence-electron chi connectivity index (χ3n) is 2.90. The van der Waals surface area contributed by atoms with Crippen LogP contribution in [0.1, 0.15) is 30.4 Å². The Labute approximate surface area is 84.3 Å². The molecule has 1 aliphatic rings. The summed E-state index contributed by atoms with van der Waals surface area (Å²) in [6, 6.07) is 8.72. The average molecular weight is 189 g/mol. The Hall–Kier alpha value is -1.31. The van der Waals surface area contributed by atoms with Crippen molar-refractivity contribution in [2.45, 2.75) is 32.2 Å². The van der Waals surface area contributed by atoms with Gasteiger partial charge in [-0.25, -0.2) is 0 Å². The monoisotopic (exact) mass is 189 g/mol. The first-order valence-electron chi connectivity index (χ1n) is 5.03. The van der Waals surface area contributed by atoms with Gasteiger partial charge in [-0.05, 0) is 19.4 Å². The summed E-state index contributed by atoms with van der Waals surface area (Å²) in [5, 5.41) is 2.94. The summed E-state index contributed by atoms with van der Waals surface area (Å²) in [5.41, 5.74) is 2.53. The van der Waals surface area contributed by atoms with Crippen LogP contribution in [0.3, 0.4) is 0 Å². The van der Waals surface area contributed by atoms with E-state index in [2.05, 4.69) is 43.4 Å².